The normalized spacial score (nSPS) is 30.5. The second-order valence-corrected chi connectivity index (χ2v) is 19.1. The highest BCUT2D eigenvalue weighted by Crippen LogP contribution is 2.64. The number of carbonyl (C=O) groups is 4. The Bertz CT molecular complexity index is 2230. The van der Waals surface area contributed by atoms with Crippen LogP contribution in [0, 0.1) is 5.92 Å². The van der Waals surface area contributed by atoms with Crippen molar-refractivity contribution in [1.82, 2.24) is 24.8 Å². The van der Waals surface area contributed by atoms with E-state index < -0.39 is 79.6 Å². The fourth-order valence-electron chi connectivity index (χ4n) is 8.97. The number of pyridine rings is 1. The smallest absolute Gasteiger partial charge is 0.427 e. The van der Waals surface area contributed by atoms with Crippen LogP contribution in [0.2, 0.25) is 0 Å². The van der Waals surface area contributed by atoms with Crippen LogP contribution in [0.25, 0.3) is 10.9 Å². The van der Waals surface area contributed by atoms with Gasteiger partial charge in [-0.3, -0.25) is 14.4 Å². The van der Waals surface area contributed by atoms with Crippen LogP contribution in [-0.2, 0) is 42.0 Å². The van der Waals surface area contributed by atoms with Crippen LogP contribution < -0.4 is 20.1 Å². The molecule has 1 aromatic carbocycles. The maximum Gasteiger partial charge on any atom is 0.427 e. The summed E-state index contributed by atoms with van der Waals surface area (Å²) in [4.78, 5) is 61.6. The van der Waals surface area contributed by atoms with Crippen LogP contribution >= 0.6 is 0 Å². The molecule has 0 bridgehead atoms. The van der Waals surface area contributed by atoms with Gasteiger partial charge >= 0.3 is 12.3 Å². The number of hydrogen-bond donors (Lipinski definition) is 2. The van der Waals surface area contributed by atoms with Gasteiger partial charge in [0.25, 0.3) is 15.9 Å². The largest absolute Gasteiger partial charge is 0.497 e. The number of ether oxygens (including phenoxy) is 3. The molecule has 2 aromatic rings. The Balaban J connectivity index is 1.15. The van der Waals surface area contributed by atoms with Gasteiger partial charge in [0.1, 0.15) is 34.7 Å². The molecule has 314 valence electrons. The Morgan fingerprint density at radius 1 is 1.10 bits per heavy atom. The first kappa shape index (κ1) is 40.2. The van der Waals surface area contributed by atoms with Gasteiger partial charge in [-0.15, -0.1) is 0 Å². The van der Waals surface area contributed by atoms with E-state index in [1.807, 2.05) is 37.3 Å². The molecule has 5 heterocycles. The minimum absolute atomic E-state index is 0.0295. The number of aryl methyl sites for hydroxylation is 2. The van der Waals surface area contributed by atoms with Gasteiger partial charge in [0.15, 0.2) is 4.87 Å². The number of amides is 4. The molecule has 4 aliphatic heterocycles. The van der Waals surface area contributed by atoms with Gasteiger partial charge in [0.05, 0.1) is 24.9 Å². The number of hydrogen-bond acceptors (Lipinski definition) is 10. The van der Waals surface area contributed by atoms with Crippen molar-refractivity contribution < 1.29 is 55.0 Å². The van der Waals surface area contributed by atoms with Crippen molar-refractivity contribution in [3.8, 4) is 11.5 Å². The van der Waals surface area contributed by atoms with Crippen molar-refractivity contribution in [2.24, 2.45) is 5.92 Å². The van der Waals surface area contributed by atoms with E-state index in [4.69, 9.17) is 19.2 Å². The number of rotatable bonds is 5. The number of alkyl halides is 3. The number of aromatic nitrogens is 1. The van der Waals surface area contributed by atoms with Crippen molar-refractivity contribution in [3.05, 3.63) is 41.6 Å². The molecule has 4 amide bonds. The van der Waals surface area contributed by atoms with Crippen molar-refractivity contribution in [2.75, 3.05) is 13.7 Å². The third kappa shape index (κ3) is 6.53. The van der Waals surface area contributed by atoms with Gasteiger partial charge in [-0.1, -0.05) is 31.9 Å². The van der Waals surface area contributed by atoms with E-state index in [2.05, 4.69) is 10.6 Å². The first-order valence-electron chi connectivity index (χ1n) is 20.0. The Hall–Kier alpha value is -4.61. The molecule has 58 heavy (non-hydrogen) atoms. The number of alkyl carbamates (subject to hydrolysis) is 1. The number of allylic oxidation sites excluding steroid dienone is 1. The third-order valence-electron chi connectivity index (χ3n) is 12.8. The molecule has 5 atom stereocenters. The molecule has 1 aromatic heterocycles. The quantitative estimate of drug-likeness (QED) is 0.310. The van der Waals surface area contributed by atoms with Crippen LogP contribution in [0.3, 0.4) is 0 Å². The summed E-state index contributed by atoms with van der Waals surface area (Å²) in [7, 11) is -2.26. The molecule has 6 aliphatic rings. The summed E-state index contributed by atoms with van der Waals surface area (Å²) in [6.45, 7) is 3.22. The molecule has 0 radical (unpaired) electrons. The molecule has 2 aliphatic carbocycles. The Morgan fingerprint density at radius 3 is 2.53 bits per heavy atom. The summed E-state index contributed by atoms with van der Waals surface area (Å²) in [6.07, 6.45) is 1.80. The topological polar surface area (TPSA) is 173 Å². The second kappa shape index (κ2) is 13.7. The van der Waals surface area contributed by atoms with Crippen molar-refractivity contribution in [1.29, 1.82) is 0 Å². The Kier molecular flexibility index (Phi) is 9.51. The second-order valence-electron chi connectivity index (χ2n) is 17.0. The van der Waals surface area contributed by atoms with Gasteiger partial charge in [-0.2, -0.15) is 13.2 Å². The van der Waals surface area contributed by atoms with E-state index in [-0.39, 0.29) is 25.8 Å². The number of nitrogens with zero attached hydrogens (tertiary/aromatic N) is 3. The maximum absolute atomic E-state index is 14.8. The van der Waals surface area contributed by atoms with Crippen LogP contribution in [0.5, 0.6) is 11.5 Å². The van der Waals surface area contributed by atoms with Crippen LogP contribution in [-0.4, -0.2) is 99.9 Å². The van der Waals surface area contributed by atoms with Gasteiger partial charge in [-0.25, -0.2) is 22.5 Å². The average Bonchev–Trinajstić information content (AvgIpc) is 4.11. The highest BCUT2D eigenvalue weighted by atomic mass is 32.2. The standard InChI is InChI=1S/C40H48F3N5O9S/c1-5-27-31-25(26-19-24(55-4)13-14-28(26)44-27)15-16-37(56-31)21-30-32(49)46-39(34(51)48-38(17-18-38)58(48,53)54)20-23(39)11-9-7-6-8-10-12-29(33(50)47(30)22-37)45-35(52)57-36(2,3)40(41,42)43/h9,11,13-14,19,23,29-30H,5-8,10,12,15-18,20-22H2,1-4H3,(H,45,52)(H,46,49)/b11-9-/t23-,29+,30+,37-,39-,48?/m1/s1. The number of methoxy groups -OCH3 is 1. The molecule has 2 N–H and O–H groups in total. The Morgan fingerprint density at radius 2 is 1.86 bits per heavy atom. The number of carbonyl (C=O) groups excluding carboxylic acids is 4. The minimum Gasteiger partial charge on any atom is -0.497 e. The van der Waals surface area contributed by atoms with Gasteiger partial charge in [-0.05, 0) is 89.8 Å². The summed E-state index contributed by atoms with van der Waals surface area (Å²) < 4.78 is 85.1. The molecule has 8 rings (SSSR count). The molecular formula is C40H48F3N5O9S. The lowest BCUT2D eigenvalue weighted by molar-refractivity contribution is -0.244. The zero-order valence-electron chi connectivity index (χ0n) is 32.9. The molecule has 0 unspecified atom stereocenters. The fraction of sp³-hybridized carbons (Fsp3) is 0.625. The number of halogens is 3. The zero-order chi connectivity index (χ0) is 41.6. The van der Waals surface area contributed by atoms with Crippen LogP contribution in [0.1, 0.15) is 96.2 Å². The molecule has 4 fully saturated rings. The highest BCUT2D eigenvalue weighted by Gasteiger charge is 2.83. The van der Waals surface area contributed by atoms with E-state index in [0.717, 1.165) is 20.8 Å². The molecule has 18 heteroatoms. The molecule has 2 spiro atoms. The lowest BCUT2D eigenvalue weighted by Gasteiger charge is -2.37. The van der Waals surface area contributed by atoms with Crippen molar-refractivity contribution in [3.63, 3.8) is 0 Å². The molecule has 14 nitrogen and oxygen atoms in total. The van der Waals surface area contributed by atoms with E-state index in [1.54, 1.807) is 7.11 Å². The zero-order valence-corrected chi connectivity index (χ0v) is 33.7. The average molecular weight is 832 g/mol. The van der Waals surface area contributed by atoms with Gasteiger partial charge in [0.2, 0.25) is 17.4 Å². The fourth-order valence-corrected chi connectivity index (χ4v) is 11.1. The van der Waals surface area contributed by atoms with E-state index >= 15 is 0 Å². The summed E-state index contributed by atoms with van der Waals surface area (Å²) in [5, 5.41) is 6.11. The molecular weight excluding hydrogens is 784 g/mol. The van der Waals surface area contributed by atoms with E-state index in [9.17, 15) is 40.8 Å². The SMILES string of the molecule is CCc1nc2ccc(OC)cc2c2c1O[C@]1(CC2)C[C@H]2C(=O)N[C@]3(C(=O)N4C5(CC5)S4(=O)=O)C[C@H]3/C=C\CCCCC[C@H](NC(=O)OC(C)(C)C(F)(F)F)C(=O)N2C1. The van der Waals surface area contributed by atoms with Gasteiger partial charge in [0, 0.05) is 23.3 Å². The summed E-state index contributed by atoms with van der Waals surface area (Å²) >= 11 is 0. The first-order chi connectivity index (χ1) is 27.3. The first-order valence-corrected chi connectivity index (χ1v) is 21.4. The van der Waals surface area contributed by atoms with Crippen molar-refractivity contribution in [2.45, 2.75) is 138 Å². The van der Waals surface area contributed by atoms with Gasteiger partial charge < -0.3 is 29.7 Å². The number of fused-ring (bicyclic) bond motifs is 5. The lowest BCUT2D eigenvalue weighted by atomic mass is 9.87. The highest BCUT2D eigenvalue weighted by molar-refractivity contribution is 7.98. The number of benzene rings is 1. The monoisotopic (exact) mass is 831 g/mol. The predicted molar refractivity (Wildman–Crippen MR) is 202 cm³/mol. The minimum atomic E-state index is -4.89. The molecule has 2 saturated carbocycles. The Labute approximate surface area is 334 Å². The summed E-state index contributed by atoms with van der Waals surface area (Å²) in [5.41, 5.74) is -3.23. The van der Waals surface area contributed by atoms with Crippen LogP contribution in [0.4, 0.5) is 18.0 Å². The number of nitrogens with one attached hydrogen (secondary N) is 2. The molecule has 2 saturated heterocycles. The van der Waals surface area contributed by atoms with E-state index in [0.29, 0.717) is 88.8 Å². The van der Waals surface area contributed by atoms with Crippen LogP contribution in [0.15, 0.2) is 30.4 Å². The summed E-state index contributed by atoms with van der Waals surface area (Å²) in [6, 6.07) is 2.94. The third-order valence-corrected chi connectivity index (χ3v) is 15.2. The number of sulfonamides is 1. The van der Waals surface area contributed by atoms with E-state index in [1.165, 1.54) is 4.90 Å². The lowest BCUT2D eigenvalue weighted by Crippen LogP contribution is -2.57. The maximum atomic E-state index is 14.8. The van der Waals surface area contributed by atoms with Crippen molar-refractivity contribution >= 4 is 44.7 Å². The predicted octanol–water partition coefficient (Wildman–Crippen LogP) is 4.96. The summed E-state index contributed by atoms with van der Waals surface area (Å²) in [5.74, 6) is -1.47.